The van der Waals surface area contributed by atoms with Gasteiger partial charge in [0.2, 0.25) is 5.91 Å². The summed E-state index contributed by atoms with van der Waals surface area (Å²) in [6.45, 7) is 0. The third-order valence-corrected chi connectivity index (χ3v) is 4.40. The number of carbonyl (C=O) groups excluding carboxylic acids is 1. The summed E-state index contributed by atoms with van der Waals surface area (Å²) in [5, 5.41) is 10.0. The van der Waals surface area contributed by atoms with Crippen LogP contribution in [0.1, 0.15) is 47.9 Å². The van der Waals surface area contributed by atoms with Crippen molar-refractivity contribution in [2.45, 2.75) is 31.1 Å². The molecule has 1 aromatic heterocycles. The van der Waals surface area contributed by atoms with Crippen LogP contribution in [0.3, 0.4) is 0 Å². The number of methoxy groups -OCH3 is 1. The monoisotopic (exact) mass is 301 g/mol. The molecule has 6 heteroatoms. The van der Waals surface area contributed by atoms with Crippen LogP contribution in [0.15, 0.2) is 18.2 Å². The first-order valence-corrected chi connectivity index (χ1v) is 7.39. The van der Waals surface area contributed by atoms with Gasteiger partial charge < -0.3 is 10.1 Å². The number of carbonyl (C=O) groups is 1. The Kier molecular flexibility index (Phi) is 2.92. The lowest BCUT2D eigenvalue weighted by atomic mass is 9.84. The van der Waals surface area contributed by atoms with Crippen LogP contribution >= 0.6 is 0 Å². The number of H-pyrrole nitrogens is 1. The Morgan fingerprint density at radius 1 is 1.32 bits per heavy atom. The molecule has 1 aliphatic carbocycles. The minimum Gasteiger partial charge on any atom is -0.496 e. The Balaban J connectivity index is 1.90. The molecule has 0 bridgehead atoms. The maximum atomic E-state index is 14.5. The van der Waals surface area contributed by atoms with Crippen molar-refractivity contribution < 1.29 is 13.9 Å². The fraction of sp³-hybridized carbons (Fsp3) is 0.375. The second-order valence-electron chi connectivity index (χ2n) is 5.83. The van der Waals surface area contributed by atoms with Crippen molar-refractivity contribution in [2.24, 2.45) is 0 Å². The van der Waals surface area contributed by atoms with Gasteiger partial charge in [-0.05, 0) is 25.0 Å². The number of hydrogen-bond donors (Lipinski definition) is 2. The highest BCUT2D eigenvalue weighted by atomic mass is 19.1. The van der Waals surface area contributed by atoms with Crippen LogP contribution in [0, 0.1) is 5.82 Å². The Morgan fingerprint density at radius 2 is 2.14 bits per heavy atom. The molecule has 1 fully saturated rings. The van der Waals surface area contributed by atoms with Gasteiger partial charge in [-0.1, -0.05) is 6.07 Å². The molecule has 1 atom stereocenters. The van der Waals surface area contributed by atoms with E-state index >= 15 is 0 Å². The molecule has 5 nitrogen and oxygen atoms in total. The predicted octanol–water partition coefficient (Wildman–Crippen LogP) is 2.91. The molecule has 114 valence electrons. The number of hydrogen-bond acceptors (Lipinski definition) is 3. The summed E-state index contributed by atoms with van der Waals surface area (Å²) < 4.78 is 19.8. The average molecular weight is 301 g/mol. The zero-order chi connectivity index (χ0) is 15.3. The topological polar surface area (TPSA) is 67.0 Å². The van der Waals surface area contributed by atoms with Crippen LogP contribution < -0.4 is 10.1 Å². The summed E-state index contributed by atoms with van der Waals surface area (Å²) in [5.41, 5.74) is 2.36. The molecule has 0 saturated heterocycles. The Hall–Kier alpha value is -2.37. The van der Waals surface area contributed by atoms with Crippen molar-refractivity contribution in [1.82, 2.24) is 10.2 Å². The number of benzene rings is 1. The standard InChI is InChI=1S/C16H16FN3O2/c1-22-11-4-2-3-10(17)13(11)9-7-12(21)18-16-14(9)15(19-20-16)8-5-6-8/h2-4,8-9H,5-7H2,1H3,(H2,18,19,20,21). The molecule has 1 saturated carbocycles. The van der Waals surface area contributed by atoms with Crippen LogP contribution in [0.5, 0.6) is 5.75 Å². The van der Waals surface area contributed by atoms with E-state index in [2.05, 4.69) is 15.5 Å². The summed E-state index contributed by atoms with van der Waals surface area (Å²) in [4.78, 5) is 12.0. The van der Waals surface area contributed by atoms with Gasteiger partial charge in [-0.3, -0.25) is 9.89 Å². The van der Waals surface area contributed by atoms with Gasteiger partial charge in [0.15, 0.2) is 5.82 Å². The molecule has 2 aliphatic rings. The van der Waals surface area contributed by atoms with Gasteiger partial charge in [0.25, 0.3) is 0 Å². The second kappa shape index (κ2) is 4.83. The zero-order valence-corrected chi connectivity index (χ0v) is 12.1. The van der Waals surface area contributed by atoms with Crippen LogP contribution in [-0.2, 0) is 4.79 Å². The first kappa shape index (κ1) is 13.3. The molecule has 1 aliphatic heterocycles. The number of amides is 1. The van der Waals surface area contributed by atoms with Crippen molar-refractivity contribution in [1.29, 1.82) is 0 Å². The van der Waals surface area contributed by atoms with Crippen LogP contribution in [-0.4, -0.2) is 23.2 Å². The predicted molar refractivity (Wildman–Crippen MR) is 78.6 cm³/mol. The minimum absolute atomic E-state index is 0.156. The van der Waals surface area contributed by atoms with Gasteiger partial charge in [0.05, 0.1) is 7.11 Å². The molecule has 1 aromatic carbocycles. The van der Waals surface area contributed by atoms with Gasteiger partial charge >= 0.3 is 0 Å². The first-order chi connectivity index (χ1) is 10.7. The maximum Gasteiger partial charge on any atom is 0.226 e. The number of nitrogens with one attached hydrogen (secondary N) is 2. The van der Waals surface area contributed by atoms with E-state index in [1.165, 1.54) is 13.2 Å². The van der Waals surface area contributed by atoms with Gasteiger partial charge in [0.1, 0.15) is 11.6 Å². The quantitative estimate of drug-likeness (QED) is 0.916. The average Bonchev–Trinajstić information content (AvgIpc) is 3.26. The number of nitrogens with zero attached hydrogens (tertiary/aromatic N) is 1. The fourth-order valence-corrected chi connectivity index (χ4v) is 3.25. The largest absolute Gasteiger partial charge is 0.496 e. The third kappa shape index (κ3) is 1.98. The molecular weight excluding hydrogens is 285 g/mol. The van der Waals surface area contributed by atoms with E-state index in [0.29, 0.717) is 23.0 Å². The molecule has 2 heterocycles. The van der Waals surface area contributed by atoms with Crippen molar-refractivity contribution in [3.63, 3.8) is 0 Å². The lowest BCUT2D eigenvalue weighted by Crippen LogP contribution is -2.24. The van der Waals surface area contributed by atoms with Gasteiger partial charge in [-0.25, -0.2) is 4.39 Å². The number of rotatable bonds is 3. The summed E-state index contributed by atoms with van der Waals surface area (Å²) in [6.07, 6.45) is 2.40. The molecule has 1 amide bonds. The van der Waals surface area contributed by atoms with Gasteiger partial charge in [-0.15, -0.1) is 0 Å². The van der Waals surface area contributed by atoms with E-state index in [0.717, 1.165) is 24.1 Å². The van der Waals surface area contributed by atoms with E-state index in [9.17, 15) is 9.18 Å². The zero-order valence-electron chi connectivity index (χ0n) is 12.1. The van der Waals surface area contributed by atoms with E-state index < -0.39 is 0 Å². The number of anilines is 1. The van der Waals surface area contributed by atoms with Crippen LogP contribution in [0.2, 0.25) is 0 Å². The highest BCUT2D eigenvalue weighted by molar-refractivity contribution is 5.94. The van der Waals surface area contributed by atoms with Crippen molar-refractivity contribution in [3.8, 4) is 5.75 Å². The van der Waals surface area contributed by atoms with E-state index in [4.69, 9.17) is 4.74 Å². The number of aromatic nitrogens is 2. The molecule has 22 heavy (non-hydrogen) atoms. The number of fused-ring (bicyclic) bond motifs is 1. The molecule has 2 N–H and O–H groups in total. The molecule has 1 unspecified atom stereocenters. The molecule has 4 rings (SSSR count). The highest BCUT2D eigenvalue weighted by Crippen LogP contribution is 2.49. The minimum atomic E-state index is -0.366. The van der Waals surface area contributed by atoms with E-state index in [1.807, 2.05) is 0 Å². The lowest BCUT2D eigenvalue weighted by Gasteiger charge is -2.25. The number of aromatic amines is 1. The summed E-state index contributed by atoms with van der Waals surface area (Å²) in [5.74, 6) is 0.549. The summed E-state index contributed by atoms with van der Waals surface area (Å²) in [6, 6.07) is 4.74. The third-order valence-electron chi connectivity index (χ3n) is 4.40. The maximum absolute atomic E-state index is 14.5. The molecular formula is C16H16FN3O2. The second-order valence-corrected chi connectivity index (χ2v) is 5.83. The van der Waals surface area contributed by atoms with Crippen molar-refractivity contribution in [3.05, 3.63) is 40.8 Å². The fourth-order valence-electron chi connectivity index (χ4n) is 3.25. The summed E-state index contributed by atoms with van der Waals surface area (Å²) >= 11 is 0. The smallest absolute Gasteiger partial charge is 0.226 e. The van der Waals surface area contributed by atoms with Crippen LogP contribution in [0.4, 0.5) is 10.2 Å². The Morgan fingerprint density at radius 3 is 2.86 bits per heavy atom. The molecule has 2 aromatic rings. The van der Waals surface area contributed by atoms with Gasteiger partial charge in [0, 0.05) is 35.1 Å². The molecule has 0 radical (unpaired) electrons. The van der Waals surface area contributed by atoms with E-state index in [-0.39, 0.29) is 24.1 Å². The van der Waals surface area contributed by atoms with Crippen molar-refractivity contribution >= 4 is 11.7 Å². The Labute approximate surface area is 126 Å². The van der Waals surface area contributed by atoms with E-state index in [1.54, 1.807) is 12.1 Å². The Bertz CT molecular complexity index is 752. The lowest BCUT2D eigenvalue weighted by molar-refractivity contribution is -0.116. The summed E-state index contributed by atoms with van der Waals surface area (Å²) in [7, 11) is 1.51. The van der Waals surface area contributed by atoms with Crippen molar-refractivity contribution in [2.75, 3.05) is 12.4 Å². The number of ether oxygens (including phenoxy) is 1. The normalized spacial score (nSPS) is 20.5. The highest BCUT2D eigenvalue weighted by Gasteiger charge is 2.39. The SMILES string of the molecule is COc1cccc(F)c1C1CC(=O)Nc2n[nH]c(C3CC3)c21. The first-order valence-electron chi connectivity index (χ1n) is 7.39. The number of halogens is 1. The molecule has 0 spiro atoms. The van der Waals surface area contributed by atoms with Crippen LogP contribution in [0.25, 0.3) is 0 Å². The van der Waals surface area contributed by atoms with Gasteiger partial charge in [-0.2, -0.15) is 5.10 Å².